The fourth-order valence-corrected chi connectivity index (χ4v) is 1.84. The van der Waals surface area contributed by atoms with Crippen molar-refractivity contribution in [3.8, 4) is 0 Å². The van der Waals surface area contributed by atoms with E-state index in [0.717, 1.165) is 24.9 Å². The Labute approximate surface area is 103 Å². The van der Waals surface area contributed by atoms with Crippen LogP contribution in [0.3, 0.4) is 0 Å². The van der Waals surface area contributed by atoms with Crippen molar-refractivity contribution >= 4 is 11.6 Å². The van der Waals surface area contributed by atoms with Crippen LogP contribution in [-0.2, 0) is 5.72 Å². The Bertz CT molecular complexity index is 329. The van der Waals surface area contributed by atoms with Crippen molar-refractivity contribution in [2.75, 3.05) is 6.54 Å². The van der Waals surface area contributed by atoms with Crippen LogP contribution in [0.4, 0.5) is 0 Å². The van der Waals surface area contributed by atoms with Crippen LogP contribution in [0.1, 0.15) is 38.7 Å². The molecule has 0 heterocycles. The van der Waals surface area contributed by atoms with E-state index >= 15 is 0 Å². The largest absolute Gasteiger partial charge is 0.372 e. The highest BCUT2D eigenvalue weighted by molar-refractivity contribution is 6.30. The van der Waals surface area contributed by atoms with Gasteiger partial charge in [-0.25, -0.2) is 0 Å². The second-order valence-electron chi connectivity index (χ2n) is 4.00. The number of unbranched alkanes of at least 4 members (excludes halogenated alkanes) is 1. The second kappa shape index (κ2) is 6.24. The second-order valence-corrected chi connectivity index (χ2v) is 4.44. The van der Waals surface area contributed by atoms with Gasteiger partial charge in [0.05, 0.1) is 0 Å². The molecule has 0 fully saturated rings. The topological polar surface area (TPSA) is 32.3 Å². The van der Waals surface area contributed by atoms with E-state index in [2.05, 4.69) is 12.2 Å². The summed E-state index contributed by atoms with van der Waals surface area (Å²) in [5.41, 5.74) is -0.126. The molecule has 0 saturated heterocycles. The Balaban J connectivity index is 2.78. The van der Waals surface area contributed by atoms with Gasteiger partial charge < -0.3 is 5.11 Å². The number of hydrogen-bond donors (Lipinski definition) is 2. The Kier molecular flexibility index (Phi) is 5.26. The summed E-state index contributed by atoms with van der Waals surface area (Å²) in [5.74, 6) is 0. The Hall–Kier alpha value is -0.570. The van der Waals surface area contributed by atoms with Gasteiger partial charge in [0.25, 0.3) is 0 Å². The molecule has 0 amide bonds. The van der Waals surface area contributed by atoms with E-state index in [1.165, 1.54) is 0 Å². The molecule has 3 heteroatoms. The summed E-state index contributed by atoms with van der Waals surface area (Å²) in [6.45, 7) is 4.90. The van der Waals surface area contributed by atoms with E-state index in [-0.39, 0.29) is 0 Å². The predicted molar refractivity (Wildman–Crippen MR) is 68.6 cm³/mol. The first-order chi connectivity index (χ1) is 7.62. The van der Waals surface area contributed by atoms with Gasteiger partial charge >= 0.3 is 0 Å². The maximum Gasteiger partial charge on any atom is 0.141 e. The monoisotopic (exact) mass is 241 g/mol. The zero-order chi connectivity index (χ0) is 12.0. The summed E-state index contributed by atoms with van der Waals surface area (Å²) in [7, 11) is 0. The zero-order valence-corrected chi connectivity index (χ0v) is 10.7. The minimum Gasteiger partial charge on any atom is -0.372 e. The number of hydrogen-bond acceptors (Lipinski definition) is 2. The van der Waals surface area contributed by atoms with Gasteiger partial charge in [-0.3, -0.25) is 5.32 Å². The van der Waals surface area contributed by atoms with E-state index in [4.69, 9.17) is 11.6 Å². The maximum atomic E-state index is 10.5. The van der Waals surface area contributed by atoms with E-state index in [0.29, 0.717) is 11.4 Å². The standard InChI is InChI=1S/C13H20ClNO/c1-3-5-9-15-13(16,4-2)11-7-6-8-12(14)10-11/h6-8,10,15-16H,3-5,9H2,1-2H3. The molecule has 90 valence electrons. The summed E-state index contributed by atoms with van der Waals surface area (Å²) in [6.07, 6.45) is 2.79. The van der Waals surface area contributed by atoms with Gasteiger partial charge in [-0.2, -0.15) is 0 Å². The highest BCUT2D eigenvalue weighted by Gasteiger charge is 2.25. The molecule has 2 N–H and O–H groups in total. The van der Waals surface area contributed by atoms with Crippen LogP contribution in [0.5, 0.6) is 0 Å². The van der Waals surface area contributed by atoms with Gasteiger partial charge in [0.2, 0.25) is 0 Å². The molecule has 0 saturated carbocycles. The summed E-state index contributed by atoms with van der Waals surface area (Å²) >= 11 is 5.93. The molecule has 1 aromatic carbocycles. The highest BCUT2D eigenvalue weighted by atomic mass is 35.5. The molecule has 1 unspecified atom stereocenters. The van der Waals surface area contributed by atoms with Gasteiger partial charge in [-0.15, -0.1) is 0 Å². The van der Waals surface area contributed by atoms with E-state index < -0.39 is 5.72 Å². The van der Waals surface area contributed by atoms with Gasteiger partial charge in [0, 0.05) is 5.02 Å². The van der Waals surface area contributed by atoms with Gasteiger partial charge in [0.1, 0.15) is 5.72 Å². The third-order valence-electron chi connectivity index (χ3n) is 2.76. The summed E-state index contributed by atoms with van der Waals surface area (Å²) in [5, 5.41) is 14.3. The van der Waals surface area contributed by atoms with Crippen LogP contribution < -0.4 is 5.32 Å². The van der Waals surface area contributed by atoms with Gasteiger partial charge in [-0.05, 0) is 37.1 Å². The molecule has 1 atom stereocenters. The number of benzene rings is 1. The van der Waals surface area contributed by atoms with E-state index in [9.17, 15) is 5.11 Å². The van der Waals surface area contributed by atoms with Crippen LogP contribution >= 0.6 is 11.6 Å². The van der Waals surface area contributed by atoms with Gasteiger partial charge in [0.15, 0.2) is 0 Å². The predicted octanol–water partition coefficient (Wildman–Crippen LogP) is 3.28. The molecule has 0 bridgehead atoms. The van der Waals surface area contributed by atoms with Crippen molar-refractivity contribution in [1.29, 1.82) is 0 Å². The molecular weight excluding hydrogens is 222 g/mol. The lowest BCUT2D eigenvalue weighted by molar-refractivity contribution is -0.00362. The number of nitrogens with one attached hydrogen (secondary N) is 1. The fourth-order valence-electron chi connectivity index (χ4n) is 1.65. The lowest BCUT2D eigenvalue weighted by Gasteiger charge is -2.29. The smallest absolute Gasteiger partial charge is 0.141 e. The molecule has 0 radical (unpaired) electrons. The first kappa shape index (κ1) is 13.5. The van der Waals surface area contributed by atoms with Crippen molar-refractivity contribution in [3.63, 3.8) is 0 Å². The van der Waals surface area contributed by atoms with Crippen molar-refractivity contribution in [3.05, 3.63) is 34.9 Å². The molecule has 2 nitrogen and oxygen atoms in total. The van der Waals surface area contributed by atoms with Crippen LogP contribution in [-0.4, -0.2) is 11.7 Å². The molecule has 1 aromatic rings. The van der Waals surface area contributed by atoms with Crippen LogP contribution in [0, 0.1) is 0 Å². The molecule has 1 rings (SSSR count). The maximum absolute atomic E-state index is 10.5. The Morgan fingerprint density at radius 1 is 1.38 bits per heavy atom. The molecule has 0 spiro atoms. The molecular formula is C13H20ClNO. The molecule has 0 aromatic heterocycles. The van der Waals surface area contributed by atoms with Crippen molar-refractivity contribution < 1.29 is 5.11 Å². The van der Waals surface area contributed by atoms with Crippen LogP contribution in [0.15, 0.2) is 24.3 Å². The number of aliphatic hydroxyl groups is 1. The van der Waals surface area contributed by atoms with Crippen LogP contribution in [0.2, 0.25) is 5.02 Å². The quantitative estimate of drug-likeness (QED) is 0.592. The average Bonchev–Trinajstić information content (AvgIpc) is 2.29. The molecule has 0 aliphatic heterocycles. The first-order valence-corrected chi connectivity index (χ1v) is 6.23. The highest BCUT2D eigenvalue weighted by Crippen LogP contribution is 2.24. The minimum absolute atomic E-state index is 0.622. The number of halogens is 1. The molecule has 16 heavy (non-hydrogen) atoms. The summed E-state index contributed by atoms with van der Waals surface area (Å²) in [4.78, 5) is 0. The zero-order valence-electron chi connectivity index (χ0n) is 9.96. The van der Waals surface area contributed by atoms with Crippen LogP contribution in [0.25, 0.3) is 0 Å². The average molecular weight is 242 g/mol. The Morgan fingerprint density at radius 3 is 2.69 bits per heavy atom. The molecule has 0 aliphatic rings. The number of rotatable bonds is 6. The normalized spacial score (nSPS) is 14.8. The molecule has 0 aliphatic carbocycles. The third-order valence-corrected chi connectivity index (χ3v) is 3.00. The van der Waals surface area contributed by atoms with Crippen molar-refractivity contribution in [1.82, 2.24) is 5.32 Å². The third kappa shape index (κ3) is 3.48. The lowest BCUT2D eigenvalue weighted by Crippen LogP contribution is -2.42. The van der Waals surface area contributed by atoms with Crippen molar-refractivity contribution in [2.45, 2.75) is 38.8 Å². The summed E-state index contributed by atoms with van der Waals surface area (Å²) in [6, 6.07) is 7.38. The Morgan fingerprint density at radius 2 is 2.12 bits per heavy atom. The van der Waals surface area contributed by atoms with Crippen molar-refractivity contribution in [2.24, 2.45) is 0 Å². The lowest BCUT2D eigenvalue weighted by atomic mass is 10.00. The minimum atomic E-state index is -0.958. The van der Waals surface area contributed by atoms with E-state index in [1.807, 2.05) is 31.2 Å². The first-order valence-electron chi connectivity index (χ1n) is 5.86. The van der Waals surface area contributed by atoms with E-state index in [1.54, 1.807) is 0 Å². The SMILES string of the molecule is CCCCNC(O)(CC)c1cccc(Cl)c1. The fraction of sp³-hybridized carbons (Fsp3) is 0.538. The van der Waals surface area contributed by atoms with Gasteiger partial charge in [-0.1, -0.05) is 44.0 Å². The summed E-state index contributed by atoms with van der Waals surface area (Å²) < 4.78 is 0.